The second-order valence-corrected chi connectivity index (χ2v) is 10.2. The van der Waals surface area contributed by atoms with Crippen LogP contribution in [-0.4, -0.2) is 29.9 Å². The Balaban J connectivity index is 1.51. The fourth-order valence-electron chi connectivity index (χ4n) is 3.66. The fourth-order valence-corrected chi connectivity index (χ4v) is 6.98. The number of fused-ring (bicyclic) bond motifs is 1. The molecule has 3 aromatic rings. The van der Waals surface area contributed by atoms with E-state index < -0.39 is 22.0 Å². The number of amides is 1. The highest BCUT2D eigenvalue weighted by Crippen LogP contribution is 2.39. The van der Waals surface area contributed by atoms with E-state index in [9.17, 15) is 13.2 Å². The Morgan fingerprint density at radius 2 is 1.81 bits per heavy atom. The largest absolute Gasteiger partial charge is 0.289 e. The molecule has 6 nitrogen and oxygen atoms in total. The number of carbonyl (C=O) groups excluding carboxylic acids is 1. The number of rotatable bonds is 6. The van der Waals surface area contributed by atoms with Crippen LogP contribution in [0.15, 0.2) is 65.6 Å². The highest BCUT2D eigenvalue weighted by Gasteiger charge is 2.42. The quantitative estimate of drug-likeness (QED) is 0.428. The van der Waals surface area contributed by atoms with Crippen molar-refractivity contribution in [3.8, 4) is 11.1 Å². The van der Waals surface area contributed by atoms with E-state index in [2.05, 4.69) is 24.3 Å². The SMILES string of the molecule is CCC(C(=O)NO)N1Cc2sc(/C=C/c3ccc(-c4ccccc4)cc3)cc2S1(=O)=O. The number of thiophene rings is 1. The van der Waals surface area contributed by atoms with Gasteiger partial charge in [-0.3, -0.25) is 10.0 Å². The van der Waals surface area contributed by atoms with Crippen molar-refractivity contribution in [2.24, 2.45) is 0 Å². The first-order chi connectivity index (χ1) is 14.9. The molecule has 2 aromatic carbocycles. The van der Waals surface area contributed by atoms with E-state index in [0.717, 1.165) is 25.9 Å². The molecule has 1 aliphatic heterocycles. The van der Waals surface area contributed by atoms with Gasteiger partial charge >= 0.3 is 0 Å². The number of carbonyl (C=O) groups is 1. The maximum atomic E-state index is 12.9. The number of hydroxylamine groups is 1. The summed E-state index contributed by atoms with van der Waals surface area (Å²) in [5.74, 6) is -0.722. The molecule has 1 unspecified atom stereocenters. The number of hydrogen-bond donors (Lipinski definition) is 2. The summed E-state index contributed by atoms with van der Waals surface area (Å²) < 4.78 is 27.0. The number of nitrogens with zero attached hydrogens (tertiary/aromatic N) is 1. The minimum Gasteiger partial charge on any atom is -0.289 e. The molecule has 31 heavy (non-hydrogen) atoms. The molecule has 0 aliphatic carbocycles. The van der Waals surface area contributed by atoms with Gasteiger partial charge in [0.2, 0.25) is 10.0 Å². The highest BCUT2D eigenvalue weighted by atomic mass is 32.2. The highest BCUT2D eigenvalue weighted by molar-refractivity contribution is 7.89. The molecule has 2 heterocycles. The summed E-state index contributed by atoms with van der Waals surface area (Å²) in [4.78, 5) is 13.6. The van der Waals surface area contributed by atoms with Gasteiger partial charge in [0.15, 0.2) is 0 Å². The van der Waals surface area contributed by atoms with E-state index in [4.69, 9.17) is 5.21 Å². The van der Waals surface area contributed by atoms with E-state index in [1.54, 1.807) is 18.5 Å². The molecule has 0 bridgehead atoms. The molecule has 160 valence electrons. The Morgan fingerprint density at radius 3 is 2.42 bits per heavy atom. The van der Waals surface area contributed by atoms with Gasteiger partial charge in [-0.2, -0.15) is 4.31 Å². The van der Waals surface area contributed by atoms with Crippen molar-refractivity contribution in [3.63, 3.8) is 0 Å². The predicted octanol–water partition coefficient (Wildman–Crippen LogP) is 4.37. The molecule has 4 rings (SSSR count). The Kier molecular flexibility index (Phi) is 6.06. The standard InChI is InChI=1S/C23H22N2O4S2/c1-2-20(23(26)24-27)25-15-21-22(31(25,28)29)14-19(30-21)13-10-16-8-11-18(12-9-16)17-6-4-3-5-7-17/h3-14,20,27H,2,15H2,1H3,(H,24,26)/b13-10+. The average Bonchev–Trinajstić information content (AvgIpc) is 3.31. The maximum absolute atomic E-state index is 12.9. The van der Waals surface area contributed by atoms with Gasteiger partial charge in [-0.1, -0.05) is 67.6 Å². The Hall–Kier alpha value is -2.78. The summed E-state index contributed by atoms with van der Waals surface area (Å²) in [5.41, 5.74) is 4.87. The van der Waals surface area contributed by atoms with Crippen LogP contribution >= 0.6 is 11.3 Å². The maximum Gasteiger partial charge on any atom is 0.261 e. The third-order valence-corrected chi connectivity index (χ3v) is 8.42. The summed E-state index contributed by atoms with van der Waals surface area (Å²) in [6.45, 7) is 1.84. The van der Waals surface area contributed by atoms with E-state index in [1.807, 2.05) is 42.5 Å². The minimum absolute atomic E-state index is 0.133. The van der Waals surface area contributed by atoms with E-state index in [0.29, 0.717) is 4.88 Å². The van der Waals surface area contributed by atoms with Crippen molar-refractivity contribution < 1.29 is 18.4 Å². The number of nitrogens with one attached hydrogen (secondary N) is 1. The third kappa shape index (κ3) is 4.20. The fraction of sp³-hybridized carbons (Fsp3) is 0.174. The van der Waals surface area contributed by atoms with Crippen molar-refractivity contribution in [3.05, 3.63) is 76.0 Å². The minimum atomic E-state index is -3.77. The van der Waals surface area contributed by atoms with Crippen molar-refractivity contribution in [1.29, 1.82) is 0 Å². The van der Waals surface area contributed by atoms with E-state index >= 15 is 0 Å². The zero-order chi connectivity index (χ0) is 22.0. The van der Waals surface area contributed by atoms with Crippen LogP contribution in [-0.2, 0) is 21.4 Å². The van der Waals surface area contributed by atoms with Gasteiger partial charge in [-0.05, 0) is 35.3 Å². The van der Waals surface area contributed by atoms with Gasteiger partial charge in [-0.15, -0.1) is 11.3 Å². The van der Waals surface area contributed by atoms with Crippen molar-refractivity contribution >= 4 is 39.4 Å². The van der Waals surface area contributed by atoms with Gasteiger partial charge in [0.05, 0.1) is 11.4 Å². The van der Waals surface area contributed by atoms with Crippen LogP contribution in [0.5, 0.6) is 0 Å². The number of benzene rings is 2. The third-order valence-electron chi connectivity index (χ3n) is 5.28. The lowest BCUT2D eigenvalue weighted by atomic mass is 10.0. The molecule has 1 amide bonds. The van der Waals surface area contributed by atoms with Crippen LogP contribution in [0, 0.1) is 0 Å². The first-order valence-electron chi connectivity index (χ1n) is 9.86. The number of sulfonamides is 1. The van der Waals surface area contributed by atoms with Gasteiger partial charge < -0.3 is 0 Å². The zero-order valence-electron chi connectivity index (χ0n) is 16.9. The summed E-state index contributed by atoms with van der Waals surface area (Å²) in [5, 5.41) is 8.91. The van der Waals surface area contributed by atoms with Gasteiger partial charge in [-0.25, -0.2) is 13.9 Å². The van der Waals surface area contributed by atoms with Crippen molar-refractivity contribution in [1.82, 2.24) is 9.79 Å². The van der Waals surface area contributed by atoms with Gasteiger partial charge in [0, 0.05) is 9.75 Å². The molecule has 0 fully saturated rings. The topological polar surface area (TPSA) is 86.7 Å². The second kappa shape index (κ2) is 8.76. The molecule has 2 N–H and O–H groups in total. The Bertz CT molecular complexity index is 1220. The van der Waals surface area contributed by atoms with Crippen LogP contribution in [0.25, 0.3) is 23.3 Å². The molecule has 0 radical (unpaired) electrons. The summed E-state index contributed by atoms with van der Waals surface area (Å²) in [6.07, 6.45) is 4.12. The van der Waals surface area contributed by atoms with Crippen molar-refractivity contribution in [2.45, 2.75) is 30.8 Å². The van der Waals surface area contributed by atoms with Crippen LogP contribution in [0.4, 0.5) is 0 Å². The first-order valence-corrected chi connectivity index (χ1v) is 12.1. The molecule has 8 heteroatoms. The van der Waals surface area contributed by atoms with Crippen LogP contribution < -0.4 is 5.48 Å². The number of hydrogen-bond acceptors (Lipinski definition) is 5. The van der Waals surface area contributed by atoms with E-state index in [1.165, 1.54) is 11.3 Å². The van der Waals surface area contributed by atoms with Gasteiger partial charge in [0.25, 0.3) is 5.91 Å². The zero-order valence-corrected chi connectivity index (χ0v) is 18.5. The van der Waals surface area contributed by atoms with Crippen LogP contribution in [0.2, 0.25) is 0 Å². The van der Waals surface area contributed by atoms with Crippen LogP contribution in [0.3, 0.4) is 0 Å². The van der Waals surface area contributed by atoms with E-state index in [-0.39, 0.29) is 17.9 Å². The predicted molar refractivity (Wildman–Crippen MR) is 122 cm³/mol. The monoisotopic (exact) mass is 454 g/mol. The molecule has 1 aromatic heterocycles. The molecule has 1 aliphatic rings. The Labute approximate surface area is 185 Å². The molecular formula is C23H22N2O4S2. The summed E-state index contributed by atoms with van der Waals surface area (Å²) in [7, 11) is -3.77. The Morgan fingerprint density at radius 1 is 1.13 bits per heavy atom. The lowest BCUT2D eigenvalue weighted by Crippen LogP contribution is -2.45. The molecular weight excluding hydrogens is 432 g/mol. The molecule has 1 atom stereocenters. The smallest absolute Gasteiger partial charge is 0.261 e. The molecule has 0 spiro atoms. The normalized spacial score (nSPS) is 16.3. The van der Waals surface area contributed by atoms with Gasteiger partial charge in [0.1, 0.15) is 6.04 Å². The lowest BCUT2D eigenvalue weighted by Gasteiger charge is -2.23. The second-order valence-electron chi connectivity index (χ2n) is 7.21. The average molecular weight is 455 g/mol. The summed E-state index contributed by atoms with van der Waals surface area (Å²) in [6, 6.07) is 19.0. The molecule has 0 saturated heterocycles. The lowest BCUT2D eigenvalue weighted by molar-refractivity contribution is -0.133. The molecule has 0 saturated carbocycles. The van der Waals surface area contributed by atoms with Crippen molar-refractivity contribution in [2.75, 3.05) is 0 Å². The summed E-state index contributed by atoms with van der Waals surface area (Å²) >= 11 is 1.39. The first kappa shape index (κ1) is 21.5. The van der Waals surface area contributed by atoms with Crippen LogP contribution in [0.1, 0.15) is 28.7 Å².